The molecule has 2 heterocycles. The van der Waals surface area contributed by atoms with Gasteiger partial charge in [-0.25, -0.2) is 9.37 Å². The molecule has 1 saturated heterocycles. The summed E-state index contributed by atoms with van der Waals surface area (Å²) in [6.45, 7) is 0.506. The fourth-order valence-corrected chi connectivity index (χ4v) is 3.37. The Morgan fingerprint density at radius 1 is 1.27 bits per heavy atom. The molecule has 1 atom stereocenters. The van der Waals surface area contributed by atoms with E-state index in [2.05, 4.69) is 14.7 Å². The maximum Gasteiger partial charge on any atom is 0.249 e. The lowest BCUT2D eigenvalue weighted by Gasteiger charge is -2.17. The second kappa shape index (κ2) is 5.31. The third-order valence-corrected chi connectivity index (χ3v) is 4.69. The van der Waals surface area contributed by atoms with E-state index in [9.17, 15) is 9.18 Å². The Morgan fingerprint density at radius 2 is 2.09 bits per heavy atom. The Hall–Kier alpha value is -2.02. The third kappa shape index (κ3) is 2.45. The average Bonchev–Trinajstić information content (AvgIpc) is 3.17. The average molecular weight is 318 g/mol. The van der Waals surface area contributed by atoms with Gasteiger partial charge in [-0.05, 0) is 31.4 Å². The molecule has 5 nitrogen and oxygen atoms in total. The predicted octanol–water partition coefficient (Wildman–Crippen LogP) is 2.77. The topological polar surface area (TPSA) is 58.1 Å². The van der Waals surface area contributed by atoms with Crippen LogP contribution in [0.4, 0.5) is 15.2 Å². The summed E-state index contributed by atoms with van der Waals surface area (Å²) in [5, 5.41) is 3.82. The molecule has 1 unspecified atom stereocenters. The van der Waals surface area contributed by atoms with Crippen molar-refractivity contribution in [2.45, 2.75) is 31.2 Å². The first kappa shape index (κ1) is 13.6. The van der Waals surface area contributed by atoms with Crippen molar-refractivity contribution in [1.82, 2.24) is 9.36 Å². The molecule has 1 aromatic heterocycles. The van der Waals surface area contributed by atoms with E-state index >= 15 is 0 Å². The number of hydrogen-bond donors (Lipinski definition) is 1. The molecule has 1 aromatic carbocycles. The third-order valence-electron chi connectivity index (χ3n) is 4.03. The first-order valence-electron chi connectivity index (χ1n) is 7.38. The molecule has 1 N–H and O–H groups in total. The van der Waals surface area contributed by atoms with E-state index in [4.69, 9.17) is 0 Å². The molecule has 2 fully saturated rings. The highest BCUT2D eigenvalue weighted by atomic mass is 32.1. The highest BCUT2D eigenvalue weighted by Gasteiger charge is 2.35. The normalized spacial score (nSPS) is 21.4. The number of rotatable bonds is 4. The van der Waals surface area contributed by atoms with Crippen LogP contribution in [-0.2, 0) is 4.79 Å². The van der Waals surface area contributed by atoms with Gasteiger partial charge in [0.2, 0.25) is 11.0 Å². The van der Waals surface area contributed by atoms with Crippen molar-refractivity contribution in [3.63, 3.8) is 0 Å². The molecule has 0 radical (unpaired) electrons. The highest BCUT2D eigenvalue weighted by molar-refractivity contribution is 7.09. The molecule has 22 heavy (non-hydrogen) atoms. The summed E-state index contributed by atoms with van der Waals surface area (Å²) >= 11 is 1.29. The van der Waals surface area contributed by atoms with Gasteiger partial charge in [0, 0.05) is 24.0 Å². The first-order chi connectivity index (χ1) is 10.7. The standard InChI is InChI=1S/C15H15FN4OS/c16-10-3-1-2-4-12(10)20-8-7-11(14(20)21)17-15-18-13(19-22-15)9-5-6-9/h1-4,9,11H,5-8H2,(H,17,18,19). The molecule has 2 aliphatic rings. The van der Waals surface area contributed by atoms with E-state index in [1.807, 2.05) is 0 Å². The monoisotopic (exact) mass is 318 g/mol. The van der Waals surface area contributed by atoms with Crippen LogP contribution >= 0.6 is 11.5 Å². The van der Waals surface area contributed by atoms with Crippen LogP contribution in [0.5, 0.6) is 0 Å². The van der Waals surface area contributed by atoms with E-state index in [0.717, 1.165) is 18.7 Å². The zero-order valence-corrected chi connectivity index (χ0v) is 12.6. The summed E-state index contributed by atoms with van der Waals surface area (Å²) in [5.41, 5.74) is 0.340. The molecular weight excluding hydrogens is 303 g/mol. The molecule has 1 saturated carbocycles. The fourth-order valence-electron chi connectivity index (χ4n) is 2.67. The summed E-state index contributed by atoms with van der Waals surface area (Å²) < 4.78 is 18.2. The zero-order valence-electron chi connectivity index (χ0n) is 11.8. The SMILES string of the molecule is O=C1C(Nc2nc(C3CC3)ns2)CCN1c1ccccc1F. The number of halogens is 1. The Bertz CT molecular complexity index is 715. The van der Waals surface area contributed by atoms with E-state index in [1.165, 1.54) is 22.5 Å². The van der Waals surface area contributed by atoms with Gasteiger partial charge in [0.25, 0.3) is 0 Å². The highest BCUT2D eigenvalue weighted by Crippen LogP contribution is 2.39. The van der Waals surface area contributed by atoms with Gasteiger partial charge in [-0.1, -0.05) is 12.1 Å². The Balaban J connectivity index is 1.47. The maximum atomic E-state index is 13.8. The first-order valence-corrected chi connectivity index (χ1v) is 8.16. The van der Waals surface area contributed by atoms with Crippen molar-refractivity contribution in [3.05, 3.63) is 35.9 Å². The molecule has 1 aliphatic carbocycles. The smallest absolute Gasteiger partial charge is 0.249 e. The van der Waals surface area contributed by atoms with Gasteiger partial charge in [-0.3, -0.25) is 4.79 Å². The zero-order chi connectivity index (χ0) is 15.1. The largest absolute Gasteiger partial charge is 0.348 e. The number of hydrogen-bond acceptors (Lipinski definition) is 5. The van der Waals surface area contributed by atoms with E-state index in [0.29, 0.717) is 29.7 Å². The van der Waals surface area contributed by atoms with Crippen LogP contribution in [-0.4, -0.2) is 27.9 Å². The van der Waals surface area contributed by atoms with Gasteiger partial charge in [-0.2, -0.15) is 4.37 Å². The van der Waals surface area contributed by atoms with E-state index < -0.39 is 0 Å². The van der Waals surface area contributed by atoms with Crippen LogP contribution in [0, 0.1) is 5.82 Å². The van der Waals surface area contributed by atoms with E-state index in [-0.39, 0.29) is 17.8 Å². The Labute approximate surface area is 131 Å². The second-order valence-electron chi connectivity index (χ2n) is 5.66. The number of para-hydroxylation sites is 1. The minimum atomic E-state index is -0.372. The van der Waals surface area contributed by atoms with Crippen LogP contribution < -0.4 is 10.2 Å². The molecule has 114 valence electrons. The molecule has 1 amide bonds. The van der Waals surface area contributed by atoms with Crippen molar-refractivity contribution >= 4 is 28.3 Å². The minimum Gasteiger partial charge on any atom is -0.348 e. The predicted molar refractivity (Wildman–Crippen MR) is 82.7 cm³/mol. The number of amides is 1. The number of carbonyl (C=O) groups excluding carboxylic acids is 1. The lowest BCUT2D eigenvalue weighted by molar-refractivity contribution is -0.117. The quantitative estimate of drug-likeness (QED) is 0.942. The van der Waals surface area contributed by atoms with Crippen molar-refractivity contribution in [3.8, 4) is 0 Å². The Morgan fingerprint density at radius 3 is 2.86 bits per heavy atom. The molecule has 1 aliphatic heterocycles. The number of benzene rings is 1. The van der Waals surface area contributed by atoms with Crippen LogP contribution in [0.15, 0.2) is 24.3 Å². The molecule has 0 bridgehead atoms. The van der Waals surface area contributed by atoms with Gasteiger partial charge in [-0.15, -0.1) is 0 Å². The number of carbonyl (C=O) groups is 1. The van der Waals surface area contributed by atoms with Crippen LogP contribution in [0.2, 0.25) is 0 Å². The number of anilines is 2. The fraction of sp³-hybridized carbons (Fsp3) is 0.400. The number of nitrogens with one attached hydrogen (secondary N) is 1. The van der Waals surface area contributed by atoms with Crippen molar-refractivity contribution in [2.75, 3.05) is 16.8 Å². The molecule has 7 heteroatoms. The van der Waals surface area contributed by atoms with Crippen molar-refractivity contribution < 1.29 is 9.18 Å². The van der Waals surface area contributed by atoms with Crippen LogP contribution in [0.1, 0.15) is 31.0 Å². The second-order valence-corrected chi connectivity index (χ2v) is 6.41. The summed E-state index contributed by atoms with van der Waals surface area (Å²) in [4.78, 5) is 18.4. The molecular formula is C15H15FN4OS. The summed E-state index contributed by atoms with van der Waals surface area (Å²) in [5.74, 6) is 0.890. The summed E-state index contributed by atoms with van der Waals surface area (Å²) in [6, 6.07) is 6.00. The number of nitrogens with zero attached hydrogens (tertiary/aromatic N) is 3. The van der Waals surface area contributed by atoms with E-state index in [1.54, 1.807) is 18.2 Å². The van der Waals surface area contributed by atoms with Crippen LogP contribution in [0.3, 0.4) is 0 Å². The lowest BCUT2D eigenvalue weighted by Crippen LogP contribution is -2.33. The van der Waals surface area contributed by atoms with Gasteiger partial charge in [0.15, 0.2) is 0 Å². The number of aromatic nitrogens is 2. The molecule has 4 rings (SSSR count). The molecule has 0 spiro atoms. The molecule has 2 aromatic rings. The summed E-state index contributed by atoms with van der Waals surface area (Å²) in [6.07, 6.45) is 2.94. The van der Waals surface area contributed by atoms with Gasteiger partial charge >= 0.3 is 0 Å². The maximum absolute atomic E-state index is 13.8. The lowest BCUT2D eigenvalue weighted by atomic mass is 10.2. The Kier molecular flexibility index (Phi) is 3.29. The minimum absolute atomic E-state index is 0.117. The van der Waals surface area contributed by atoms with Crippen molar-refractivity contribution in [2.24, 2.45) is 0 Å². The summed E-state index contributed by atoms with van der Waals surface area (Å²) in [7, 11) is 0. The van der Waals surface area contributed by atoms with Gasteiger partial charge < -0.3 is 10.2 Å². The van der Waals surface area contributed by atoms with Crippen molar-refractivity contribution in [1.29, 1.82) is 0 Å². The van der Waals surface area contributed by atoms with Gasteiger partial charge in [0.1, 0.15) is 17.7 Å². The van der Waals surface area contributed by atoms with Gasteiger partial charge in [0.05, 0.1) is 5.69 Å². The van der Waals surface area contributed by atoms with Crippen LogP contribution in [0.25, 0.3) is 0 Å².